The Morgan fingerprint density at radius 2 is 2.24 bits per heavy atom. The number of pyridine rings is 1. The van der Waals surface area contributed by atoms with E-state index in [9.17, 15) is 13.2 Å². The van der Waals surface area contributed by atoms with Crippen LogP contribution in [0.15, 0.2) is 18.3 Å². The highest BCUT2D eigenvalue weighted by atomic mass is 32.2. The fourth-order valence-corrected chi connectivity index (χ4v) is 1.73. The zero-order valence-corrected chi connectivity index (χ0v) is 10.1. The number of carbonyl (C=O) groups excluding carboxylic acids is 1. The molecule has 0 radical (unpaired) electrons. The van der Waals surface area contributed by atoms with Crippen molar-refractivity contribution in [3.8, 4) is 0 Å². The van der Waals surface area contributed by atoms with Crippen LogP contribution in [0.3, 0.4) is 0 Å². The van der Waals surface area contributed by atoms with E-state index in [1.165, 1.54) is 19.3 Å². The van der Waals surface area contributed by atoms with Crippen molar-refractivity contribution >= 4 is 21.7 Å². The molecular formula is C9H14N4O3S. The number of aromatic nitrogens is 1. The molecule has 0 bridgehead atoms. The number of hydrogen-bond donors (Lipinski definition) is 3. The smallest absolute Gasteiger partial charge is 0.252 e. The van der Waals surface area contributed by atoms with E-state index >= 15 is 0 Å². The van der Waals surface area contributed by atoms with Crippen LogP contribution < -0.4 is 15.8 Å². The van der Waals surface area contributed by atoms with Gasteiger partial charge in [-0.15, -0.1) is 0 Å². The fourth-order valence-electron chi connectivity index (χ4n) is 1.15. The van der Waals surface area contributed by atoms with Crippen molar-refractivity contribution in [2.75, 3.05) is 24.7 Å². The molecule has 0 aliphatic heterocycles. The van der Waals surface area contributed by atoms with Crippen LogP contribution in [0, 0.1) is 0 Å². The third-order valence-corrected chi connectivity index (χ3v) is 3.41. The Kier molecular flexibility index (Phi) is 4.41. The minimum atomic E-state index is -3.28. The first-order chi connectivity index (χ1) is 7.96. The summed E-state index contributed by atoms with van der Waals surface area (Å²) in [4.78, 5) is 15.0. The van der Waals surface area contributed by atoms with Gasteiger partial charge in [-0.1, -0.05) is 0 Å². The van der Waals surface area contributed by atoms with Crippen LogP contribution in [0.4, 0.5) is 5.82 Å². The number of amides is 1. The van der Waals surface area contributed by atoms with Crippen LogP contribution in [-0.2, 0) is 10.0 Å². The fraction of sp³-hybridized carbons (Fsp3) is 0.333. The SMILES string of the molecule is CNS(=O)(=O)CCNc1ncccc1C(N)=O. The van der Waals surface area contributed by atoms with Crippen molar-refractivity contribution in [2.24, 2.45) is 5.73 Å². The largest absolute Gasteiger partial charge is 0.368 e. The van der Waals surface area contributed by atoms with E-state index in [2.05, 4.69) is 15.0 Å². The molecule has 0 aromatic carbocycles. The molecule has 1 amide bonds. The number of primary amides is 1. The van der Waals surface area contributed by atoms with E-state index < -0.39 is 15.9 Å². The van der Waals surface area contributed by atoms with Crippen molar-refractivity contribution in [1.29, 1.82) is 0 Å². The van der Waals surface area contributed by atoms with Crippen LogP contribution in [0.5, 0.6) is 0 Å². The number of rotatable bonds is 6. The average Bonchev–Trinajstić information content (AvgIpc) is 2.29. The van der Waals surface area contributed by atoms with Gasteiger partial charge in [0, 0.05) is 12.7 Å². The van der Waals surface area contributed by atoms with Gasteiger partial charge >= 0.3 is 0 Å². The number of nitrogens with zero attached hydrogens (tertiary/aromatic N) is 1. The maximum atomic E-state index is 11.1. The Hall–Kier alpha value is -1.67. The molecule has 0 atom stereocenters. The number of sulfonamides is 1. The van der Waals surface area contributed by atoms with Crippen molar-refractivity contribution < 1.29 is 13.2 Å². The minimum Gasteiger partial charge on any atom is -0.368 e. The highest BCUT2D eigenvalue weighted by Gasteiger charge is 2.10. The molecule has 0 aliphatic rings. The second-order valence-electron chi connectivity index (χ2n) is 3.21. The molecule has 0 saturated carbocycles. The van der Waals surface area contributed by atoms with Gasteiger partial charge in [0.2, 0.25) is 10.0 Å². The van der Waals surface area contributed by atoms with Gasteiger partial charge in [-0.2, -0.15) is 0 Å². The quantitative estimate of drug-likeness (QED) is 0.614. The topological polar surface area (TPSA) is 114 Å². The lowest BCUT2D eigenvalue weighted by atomic mass is 10.2. The zero-order chi connectivity index (χ0) is 12.9. The number of anilines is 1. The standard InChI is InChI=1S/C9H14N4O3S/c1-11-17(15,16)6-5-13-9-7(8(10)14)3-2-4-12-9/h2-4,11H,5-6H2,1H3,(H2,10,14)(H,12,13). The maximum absolute atomic E-state index is 11.1. The van der Waals surface area contributed by atoms with Gasteiger partial charge in [0.1, 0.15) is 5.82 Å². The summed E-state index contributed by atoms with van der Waals surface area (Å²) in [7, 11) is -1.94. The molecule has 0 saturated heterocycles. The van der Waals surface area contributed by atoms with E-state index in [0.29, 0.717) is 0 Å². The van der Waals surface area contributed by atoms with Gasteiger partial charge in [-0.3, -0.25) is 4.79 Å². The lowest BCUT2D eigenvalue weighted by Gasteiger charge is -2.08. The van der Waals surface area contributed by atoms with Crippen LogP contribution in [-0.4, -0.2) is 38.7 Å². The lowest BCUT2D eigenvalue weighted by molar-refractivity contribution is 0.100. The molecule has 7 nitrogen and oxygen atoms in total. The third-order valence-electron chi connectivity index (χ3n) is 2.05. The summed E-state index contributed by atoms with van der Waals surface area (Å²) in [5.41, 5.74) is 5.38. The van der Waals surface area contributed by atoms with Crippen molar-refractivity contribution in [3.05, 3.63) is 23.9 Å². The summed E-state index contributed by atoms with van der Waals surface area (Å²) in [5, 5.41) is 2.75. The molecule has 8 heteroatoms. The third kappa shape index (κ3) is 4.00. The Labute approximate surface area is 99.5 Å². The van der Waals surface area contributed by atoms with Crippen LogP contribution in [0.2, 0.25) is 0 Å². The van der Waals surface area contributed by atoms with Gasteiger partial charge < -0.3 is 11.1 Å². The van der Waals surface area contributed by atoms with Gasteiger partial charge in [0.15, 0.2) is 0 Å². The predicted molar refractivity (Wildman–Crippen MR) is 64.1 cm³/mol. The molecule has 0 aliphatic carbocycles. The first kappa shape index (κ1) is 13.4. The molecule has 1 heterocycles. The average molecular weight is 258 g/mol. The summed E-state index contributed by atoms with van der Waals surface area (Å²) in [6.07, 6.45) is 1.49. The van der Waals surface area contributed by atoms with Crippen molar-refractivity contribution in [3.63, 3.8) is 0 Å². The Bertz CT molecular complexity index is 501. The summed E-state index contributed by atoms with van der Waals surface area (Å²) in [5.74, 6) is -0.443. The van der Waals surface area contributed by atoms with Crippen LogP contribution in [0.25, 0.3) is 0 Å². The lowest BCUT2D eigenvalue weighted by Crippen LogP contribution is -2.27. The molecule has 1 aromatic heterocycles. The Morgan fingerprint density at radius 3 is 2.82 bits per heavy atom. The molecule has 0 spiro atoms. The number of carbonyl (C=O) groups is 1. The molecule has 0 unspecified atom stereocenters. The second-order valence-corrected chi connectivity index (χ2v) is 5.26. The monoisotopic (exact) mass is 258 g/mol. The highest BCUT2D eigenvalue weighted by Crippen LogP contribution is 2.09. The Balaban J connectivity index is 2.67. The molecular weight excluding hydrogens is 244 g/mol. The maximum Gasteiger partial charge on any atom is 0.252 e. The number of nitrogens with two attached hydrogens (primary N) is 1. The van der Waals surface area contributed by atoms with Crippen LogP contribution >= 0.6 is 0 Å². The number of hydrogen-bond acceptors (Lipinski definition) is 5. The van der Waals surface area contributed by atoms with Crippen LogP contribution in [0.1, 0.15) is 10.4 Å². The normalized spacial score (nSPS) is 11.1. The highest BCUT2D eigenvalue weighted by molar-refractivity contribution is 7.89. The summed E-state index contributed by atoms with van der Waals surface area (Å²) in [6.45, 7) is 0.139. The second kappa shape index (κ2) is 5.60. The van der Waals surface area contributed by atoms with E-state index in [1.807, 2.05) is 0 Å². The molecule has 1 aromatic rings. The van der Waals surface area contributed by atoms with E-state index in [4.69, 9.17) is 5.73 Å². The summed E-state index contributed by atoms with van der Waals surface area (Å²) >= 11 is 0. The first-order valence-corrected chi connectivity index (χ1v) is 6.51. The Morgan fingerprint density at radius 1 is 1.53 bits per heavy atom. The molecule has 0 fully saturated rings. The van der Waals surface area contributed by atoms with E-state index in [0.717, 1.165) is 0 Å². The molecule has 17 heavy (non-hydrogen) atoms. The molecule has 1 rings (SSSR count). The first-order valence-electron chi connectivity index (χ1n) is 4.86. The number of nitrogens with one attached hydrogen (secondary N) is 2. The zero-order valence-electron chi connectivity index (χ0n) is 9.30. The predicted octanol–water partition coefficient (Wildman–Crippen LogP) is -0.858. The summed E-state index contributed by atoms with van der Waals surface area (Å²) in [6, 6.07) is 3.10. The molecule has 94 valence electrons. The van der Waals surface area contributed by atoms with E-state index in [1.54, 1.807) is 6.07 Å². The minimum absolute atomic E-state index is 0.113. The summed E-state index contributed by atoms with van der Waals surface area (Å²) < 4.78 is 24.5. The van der Waals surface area contributed by atoms with E-state index in [-0.39, 0.29) is 23.7 Å². The van der Waals surface area contributed by atoms with Gasteiger partial charge in [-0.25, -0.2) is 18.1 Å². The molecule has 4 N–H and O–H groups in total. The van der Waals surface area contributed by atoms with Crippen molar-refractivity contribution in [1.82, 2.24) is 9.71 Å². The van der Waals surface area contributed by atoms with Gasteiger partial charge in [0.25, 0.3) is 5.91 Å². The van der Waals surface area contributed by atoms with Gasteiger partial charge in [-0.05, 0) is 19.2 Å². The van der Waals surface area contributed by atoms with Gasteiger partial charge in [0.05, 0.1) is 11.3 Å². The van der Waals surface area contributed by atoms with Crippen molar-refractivity contribution in [2.45, 2.75) is 0 Å².